The fraction of sp³-hybridized carbons (Fsp3) is 1.00. The third kappa shape index (κ3) is 10.6. The summed E-state index contributed by atoms with van der Waals surface area (Å²) in [7, 11) is 1.69. The van der Waals surface area contributed by atoms with Gasteiger partial charge in [0.05, 0.1) is 25.9 Å². The molecule has 0 aliphatic carbocycles. The number of hydrogen-bond acceptors (Lipinski definition) is 5. The molecule has 5 nitrogen and oxygen atoms in total. The van der Waals surface area contributed by atoms with Gasteiger partial charge in [-0.1, -0.05) is 13.8 Å². The number of hydrogen-bond donors (Lipinski definition) is 2. The molecule has 0 bridgehead atoms. The topological polar surface area (TPSA) is 60.0 Å². The van der Waals surface area contributed by atoms with Crippen molar-refractivity contribution in [3.63, 3.8) is 0 Å². The Labute approximate surface area is 124 Å². The van der Waals surface area contributed by atoms with E-state index in [-0.39, 0.29) is 18.2 Å². The van der Waals surface area contributed by atoms with Gasteiger partial charge in [0.1, 0.15) is 0 Å². The Kier molecular flexibility index (Phi) is 11.3. The summed E-state index contributed by atoms with van der Waals surface area (Å²) in [6, 6.07) is 0.337. The molecular formula is C15H33NO4. The molecule has 0 fully saturated rings. The monoisotopic (exact) mass is 291 g/mol. The first-order valence-electron chi connectivity index (χ1n) is 7.50. The molecule has 0 saturated heterocycles. The first-order chi connectivity index (χ1) is 9.43. The van der Waals surface area contributed by atoms with E-state index in [0.717, 1.165) is 19.4 Å². The molecule has 0 radical (unpaired) electrons. The van der Waals surface area contributed by atoms with Crippen LogP contribution in [0.1, 0.15) is 40.5 Å². The van der Waals surface area contributed by atoms with Crippen molar-refractivity contribution in [2.75, 3.05) is 40.1 Å². The van der Waals surface area contributed by atoms with E-state index < -0.39 is 0 Å². The van der Waals surface area contributed by atoms with Gasteiger partial charge in [-0.25, -0.2) is 0 Å². The lowest BCUT2D eigenvalue weighted by atomic mass is 9.95. The van der Waals surface area contributed by atoms with E-state index in [4.69, 9.17) is 14.2 Å². The summed E-state index contributed by atoms with van der Waals surface area (Å²) in [5, 5.41) is 12.9. The number of ether oxygens (including phenoxy) is 3. The lowest BCUT2D eigenvalue weighted by molar-refractivity contribution is -0.0103. The molecule has 5 heteroatoms. The summed E-state index contributed by atoms with van der Waals surface area (Å²) in [6.45, 7) is 10.9. The Morgan fingerprint density at radius 2 is 1.80 bits per heavy atom. The molecule has 0 aromatic heterocycles. The van der Waals surface area contributed by atoms with Gasteiger partial charge < -0.3 is 24.6 Å². The van der Waals surface area contributed by atoms with Crippen LogP contribution in [0.5, 0.6) is 0 Å². The average Bonchev–Trinajstić information content (AvgIpc) is 2.36. The van der Waals surface area contributed by atoms with Crippen LogP contribution in [0.2, 0.25) is 0 Å². The van der Waals surface area contributed by atoms with Crippen molar-refractivity contribution in [1.82, 2.24) is 5.32 Å². The number of aliphatic hydroxyl groups excluding tert-OH is 1. The summed E-state index contributed by atoms with van der Waals surface area (Å²) in [6.07, 6.45) is 1.76. The highest BCUT2D eigenvalue weighted by Crippen LogP contribution is 2.15. The van der Waals surface area contributed by atoms with Gasteiger partial charge in [-0.05, 0) is 26.7 Å². The molecule has 122 valence electrons. The van der Waals surface area contributed by atoms with Crippen molar-refractivity contribution >= 4 is 0 Å². The van der Waals surface area contributed by atoms with Crippen LogP contribution in [0.25, 0.3) is 0 Å². The molecule has 20 heavy (non-hydrogen) atoms. The Hall–Kier alpha value is -0.200. The van der Waals surface area contributed by atoms with Crippen LogP contribution in [0.3, 0.4) is 0 Å². The Balaban J connectivity index is 3.72. The Morgan fingerprint density at radius 3 is 2.35 bits per heavy atom. The van der Waals surface area contributed by atoms with E-state index >= 15 is 0 Å². The quantitative estimate of drug-likeness (QED) is 0.505. The third-order valence-electron chi connectivity index (χ3n) is 2.99. The van der Waals surface area contributed by atoms with Crippen LogP contribution in [0.15, 0.2) is 0 Å². The SMILES string of the molecule is COCCCOCCOC(C)CC(C)(CO)NC(C)C. The largest absolute Gasteiger partial charge is 0.394 e. The van der Waals surface area contributed by atoms with Crippen LogP contribution in [0.4, 0.5) is 0 Å². The van der Waals surface area contributed by atoms with Gasteiger partial charge >= 0.3 is 0 Å². The summed E-state index contributed by atoms with van der Waals surface area (Å²) in [5.74, 6) is 0. The van der Waals surface area contributed by atoms with Crippen LogP contribution in [0, 0.1) is 0 Å². The minimum absolute atomic E-state index is 0.0842. The van der Waals surface area contributed by atoms with Crippen molar-refractivity contribution in [2.45, 2.75) is 58.2 Å². The average molecular weight is 291 g/mol. The number of rotatable bonds is 13. The first-order valence-corrected chi connectivity index (χ1v) is 7.50. The molecular weight excluding hydrogens is 258 g/mol. The first kappa shape index (κ1) is 19.8. The molecule has 2 unspecified atom stereocenters. The predicted octanol–water partition coefficient (Wildman–Crippen LogP) is 1.58. The van der Waals surface area contributed by atoms with Crippen molar-refractivity contribution in [3.8, 4) is 0 Å². The zero-order chi connectivity index (χ0) is 15.4. The maximum Gasteiger partial charge on any atom is 0.0704 e. The van der Waals surface area contributed by atoms with Gasteiger partial charge in [0.25, 0.3) is 0 Å². The highest BCUT2D eigenvalue weighted by Gasteiger charge is 2.26. The van der Waals surface area contributed by atoms with Gasteiger partial charge in [-0.3, -0.25) is 0 Å². The van der Waals surface area contributed by atoms with Crippen molar-refractivity contribution < 1.29 is 19.3 Å². The van der Waals surface area contributed by atoms with Crippen LogP contribution in [-0.2, 0) is 14.2 Å². The molecule has 0 aromatic carbocycles. The van der Waals surface area contributed by atoms with E-state index in [0.29, 0.717) is 25.9 Å². The molecule has 0 aliphatic rings. The van der Waals surface area contributed by atoms with E-state index in [9.17, 15) is 5.11 Å². The van der Waals surface area contributed by atoms with Crippen molar-refractivity contribution in [2.24, 2.45) is 0 Å². The maximum absolute atomic E-state index is 9.52. The van der Waals surface area contributed by atoms with Crippen LogP contribution < -0.4 is 5.32 Å². The lowest BCUT2D eigenvalue weighted by Crippen LogP contribution is -2.51. The normalized spacial score (nSPS) is 16.4. The molecule has 0 amide bonds. The fourth-order valence-corrected chi connectivity index (χ4v) is 2.28. The number of nitrogens with one attached hydrogen (secondary N) is 1. The molecule has 0 spiro atoms. The van der Waals surface area contributed by atoms with E-state index in [1.54, 1.807) is 7.11 Å². The Morgan fingerprint density at radius 1 is 1.10 bits per heavy atom. The number of methoxy groups -OCH3 is 1. The van der Waals surface area contributed by atoms with Crippen LogP contribution >= 0.6 is 0 Å². The molecule has 0 aliphatic heterocycles. The minimum atomic E-state index is -0.299. The Bertz CT molecular complexity index is 226. The highest BCUT2D eigenvalue weighted by molar-refractivity contribution is 4.85. The zero-order valence-electron chi connectivity index (χ0n) is 13.8. The molecule has 0 rings (SSSR count). The van der Waals surface area contributed by atoms with Gasteiger partial charge in [-0.15, -0.1) is 0 Å². The highest BCUT2D eigenvalue weighted by atomic mass is 16.5. The maximum atomic E-state index is 9.52. The third-order valence-corrected chi connectivity index (χ3v) is 2.99. The molecule has 2 atom stereocenters. The summed E-state index contributed by atoms with van der Waals surface area (Å²) in [5.41, 5.74) is -0.299. The second-order valence-electron chi connectivity index (χ2n) is 5.86. The molecule has 0 heterocycles. The van der Waals surface area contributed by atoms with E-state index in [1.807, 2.05) is 13.8 Å². The fourth-order valence-electron chi connectivity index (χ4n) is 2.28. The lowest BCUT2D eigenvalue weighted by Gasteiger charge is -2.33. The molecule has 0 aromatic rings. The molecule has 0 saturated carbocycles. The van der Waals surface area contributed by atoms with Crippen LogP contribution in [-0.4, -0.2) is 62.9 Å². The van der Waals surface area contributed by atoms with Gasteiger partial charge in [0, 0.05) is 31.9 Å². The minimum Gasteiger partial charge on any atom is -0.394 e. The summed E-state index contributed by atoms with van der Waals surface area (Å²) < 4.78 is 16.1. The second kappa shape index (κ2) is 11.5. The van der Waals surface area contributed by atoms with Gasteiger partial charge in [0.2, 0.25) is 0 Å². The second-order valence-corrected chi connectivity index (χ2v) is 5.86. The van der Waals surface area contributed by atoms with E-state index in [1.165, 1.54) is 0 Å². The van der Waals surface area contributed by atoms with Crippen molar-refractivity contribution in [1.29, 1.82) is 0 Å². The number of aliphatic hydroxyl groups is 1. The van der Waals surface area contributed by atoms with Crippen molar-refractivity contribution in [3.05, 3.63) is 0 Å². The predicted molar refractivity (Wildman–Crippen MR) is 81.1 cm³/mol. The standard InChI is InChI=1S/C15H33NO4/c1-13(2)16-15(4,12-17)11-14(3)20-10-9-19-8-6-7-18-5/h13-14,16-17H,6-12H2,1-5H3. The van der Waals surface area contributed by atoms with Gasteiger partial charge in [-0.2, -0.15) is 0 Å². The summed E-state index contributed by atoms with van der Waals surface area (Å²) >= 11 is 0. The molecule has 2 N–H and O–H groups in total. The van der Waals surface area contributed by atoms with Gasteiger partial charge in [0.15, 0.2) is 0 Å². The van der Waals surface area contributed by atoms with E-state index in [2.05, 4.69) is 19.2 Å². The smallest absolute Gasteiger partial charge is 0.0704 e. The zero-order valence-corrected chi connectivity index (χ0v) is 13.8. The summed E-state index contributed by atoms with van der Waals surface area (Å²) in [4.78, 5) is 0.